The van der Waals surface area contributed by atoms with Crippen molar-refractivity contribution in [1.82, 2.24) is 9.97 Å². The van der Waals surface area contributed by atoms with Crippen LogP contribution in [0.15, 0.2) is 120 Å². The summed E-state index contributed by atoms with van der Waals surface area (Å²) < 4.78 is 0. The number of aromatic nitrogens is 2. The van der Waals surface area contributed by atoms with Gasteiger partial charge in [-0.15, -0.1) is 0 Å². The zero-order valence-electron chi connectivity index (χ0n) is 26.4. The Hall–Kier alpha value is -5.14. The van der Waals surface area contributed by atoms with E-state index in [9.17, 15) is 5.26 Å². The highest BCUT2D eigenvalue weighted by molar-refractivity contribution is 5.85. The Labute approximate surface area is 266 Å². The van der Waals surface area contributed by atoms with Gasteiger partial charge in [0.05, 0.1) is 16.6 Å². The predicted molar refractivity (Wildman–Crippen MR) is 186 cm³/mol. The molecule has 4 aromatic carbocycles. The number of anilines is 3. The zero-order chi connectivity index (χ0) is 31.1. The minimum Gasteiger partial charge on any atom is -0.337 e. The standard InChI is InChI=1S/C41H38N4/c1-27-9-16-33(17-10-27)45(34-18-11-28(2)12-19-34)35-20-13-29(14-21-35)30-15-22-37-31(23-30)24-32(25-41(37,3)4)36(26-42)40-43-38-7-5-6-8-39(38)44-40/h5-14,16-21,23-24,37H,15,22,25H2,1-4H3,(H,43,44)/b36-32-. The smallest absolute Gasteiger partial charge is 0.149 e. The first kappa shape index (κ1) is 28.6. The van der Waals surface area contributed by atoms with Gasteiger partial charge in [-0.2, -0.15) is 5.26 Å². The van der Waals surface area contributed by atoms with Crippen molar-refractivity contribution in [3.63, 3.8) is 0 Å². The van der Waals surface area contributed by atoms with E-state index in [0.717, 1.165) is 52.9 Å². The van der Waals surface area contributed by atoms with Crippen LogP contribution in [0.3, 0.4) is 0 Å². The summed E-state index contributed by atoms with van der Waals surface area (Å²) in [5.74, 6) is 1.11. The normalized spacial score (nSPS) is 18.4. The summed E-state index contributed by atoms with van der Waals surface area (Å²) in [6.07, 6.45) is 7.65. The van der Waals surface area contributed by atoms with Gasteiger partial charge >= 0.3 is 0 Å². The summed E-state index contributed by atoms with van der Waals surface area (Å²) >= 11 is 0. The van der Waals surface area contributed by atoms with Crippen molar-refractivity contribution in [3.8, 4) is 6.07 Å². The zero-order valence-corrected chi connectivity index (χ0v) is 26.4. The number of fused-ring (bicyclic) bond motifs is 2. The second-order valence-corrected chi connectivity index (χ2v) is 13.2. The summed E-state index contributed by atoms with van der Waals surface area (Å²) in [5.41, 5.74) is 13.4. The molecule has 0 spiro atoms. The number of nitrogens with zero attached hydrogens (tertiary/aromatic N) is 3. The fraction of sp³-hybridized carbons (Fsp3) is 0.220. The second-order valence-electron chi connectivity index (χ2n) is 13.2. The Morgan fingerprint density at radius 1 is 0.822 bits per heavy atom. The topological polar surface area (TPSA) is 55.7 Å². The monoisotopic (exact) mass is 586 g/mol. The largest absolute Gasteiger partial charge is 0.337 e. The van der Waals surface area contributed by atoms with Crippen molar-refractivity contribution < 1.29 is 0 Å². The summed E-state index contributed by atoms with van der Waals surface area (Å²) in [5, 5.41) is 10.3. The lowest BCUT2D eigenvalue weighted by atomic mass is 9.62. The van der Waals surface area contributed by atoms with Gasteiger partial charge in [0.25, 0.3) is 0 Å². The maximum absolute atomic E-state index is 10.3. The number of nitrogens with one attached hydrogen (secondary N) is 1. The minimum absolute atomic E-state index is 0.0436. The van der Waals surface area contributed by atoms with Gasteiger partial charge in [-0.3, -0.25) is 0 Å². The number of nitriles is 1. The molecule has 1 N–H and O–H groups in total. The predicted octanol–water partition coefficient (Wildman–Crippen LogP) is 10.8. The number of hydrogen-bond acceptors (Lipinski definition) is 3. The van der Waals surface area contributed by atoms with E-state index in [2.05, 4.69) is 129 Å². The molecular formula is C41H38N4. The number of hydrogen-bond donors (Lipinski definition) is 1. The number of para-hydroxylation sites is 2. The van der Waals surface area contributed by atoms with Crippen LogP contribution in [0.5, 0.6) is 0 Å². The molecule has 0 bridgehead atoms. The molecule has 5 aromatic rings. The van der Waals surface area contributed by atoms with Gasteiger partial charge in [-0.25, -0.2) is 4.98 Å². The lowest BCUT2D eigenvalue weighted by Crippen LogP contribution is -2.31. The quantitative estimate of drug-likeness (QED) is 0.208. The average molecular weight is 587 g/mol. The highest BCUT2D eigenvalue weighted by Crippen LogP contribution is 2.51. The van der Waals surface area contributed by atoms with E-state index in [1.807, 2.05) is 24.3 Å². The lowest BCUT2D eigenvalue weighted by molar-refractivity contribution is 0.228. The van der Waals surface area contributed by atoms with E-state index < -0.39 is 0 Å². The minimum atomic E-state index is 0.0436. The molecule has 2 aliphatic rings. The Balaban J connectivity index is 1.24. The first-order chi connectivity index (χ1) is 21.8. The van der Waals surface area contributed by atoms with Crippen molar-refractivity contribution in [2.75, 3.05) is 4.90 Å². The molecule has 222 valence electrons. The van der Waals surface area contributed by atoms with Crippen molar-refractivity contribution in [3.05, 3.63) is 143 Å². The van der Waals surface area contributed by atoms with Crippen LogP contribution in [0, 0.1) is 36.5 Å². The van der Waals surface area contributed by atoms with Gasteiger partial charge < -0.3 is 9.88 Å². The molecule has 4 nitrogen and oxygen atoms in total. The first-order valence-corrected chi connectivity index (χ1v) is 15.8. The number of rotatable bonds is 5. The third-order valence-corrected chi connectivity index (χ3v) is 9.52. The highest BCUT2D eigenvalue weighted by Gasteiger charge is 2.38. The van der Waals surface area contributed by atoms with Crippen LogP contribution in [0.1, 0.15) is 55.6 Å². The molecule has 1 atom stereocenters. The maximum atomic E-state index is 10.3. The molecule has 45 heavy (non-hydrogen) atoms. The van der Waals surface area contributed by atoms with Gasteiger partial charge in [-0.05, 0) is 115 Å². The van der Waals surface area contributed by atoms with E-state index in [1.54, 1.807) is 0 Å². The molecular weight excluding hydrogens is 548 g/mol. The number of aryl methyl sites for hydroxylation is 2. The van der Waals surface area contributed by atoms with E-state index in [0.29, 0.717) is 17.3 Å². The number of benzene rings is 4. The molecule has 0 saturated heterocycles. The van der Waals surface area contributed by atoms with Crippen LogP contribution < -0.4 is 4.90 Å². The van der Waals surface area contributed by atoms with Crippen LogP contribution in [0.25, 0.3) is 22.2 Å². The van der Waals surface area contributed by atoms with Gasteiger partial charge in [0, 0.05) is 17.1 Å². The van der Waals surface area contributed by atoms with Crippen molar-refractivity contribution in [1.29, 1.82) is 5.26 Å². The molecule has 1 aromatic heterocycles. The molecule has 1 unspecified atom stereocenters. The third kappa shape index (κ3) is 5.51. The lowest BCUT2D eigenvalue weighted by Gasteiger charge is -2.42. The SMILES string of the molecule is Cc1ccc(N(c2ccc(C)cc2)c2ccc(C3=CC4=C/C(=C(\C#N)c5nc6ccccc6[nH]5)CC(C)(C)C4CC3)cc2)cc1. The Bertz CT molecular complexity index is 1930. The van der Waals surface area contributed by atoms with Crippen LogP contribution in [-0.4, -0.2) is 9.97 Å². The summed E-state index contributed by atoms with van der Waals surface area (Å²) in [7, 11) is 0. The number of aromatic amines is 1. The molecule has 7 rings (SSSR count). The van der Waals surface area contributed by atoms with Crippen LogP contribution in [-0.2, 0) is 0 Å². The van der Waals surface area contributed by atoms with Crippen LogP contribution in [0.2, 0.25) is 0 Å². The number of H-pyrrole nitrogens is 1. The summed E-state index contributed by atoms with van der Waals surface area (Å²) in [6.45, 7) is 8.94. The molecule has 2 aliphatic carbocycles. The number of allylic oxidation sites excluding steroid dienone is 6. The Morgan fingerprint density at radius 2 is 1.42 bits per heavy atom. The van der Waals surface area contributed by atoms with Crippen molar-refractivity contribution in [2.45, 2.75) is 47.0 Å². The average Bonchev–Trinajstić information content (AvgIpc) is 3.47. The van der Waals surface area contributed by atoms with E-state index in [1.165, 1.54) is 27.8 Å². The summed E-state index contributed by atoms with van der Waals surface area (Å²) in [4.78, 5) is 10.5. The van der Waals surface area contributed by atoms with Crippen LogP contribution >= 0.6 is 0 Å². The molecule has 1 heterocycles. The fourth-order valence-electron chi connectivity index (χ4n) is 7.09. The second kappa shape index (κ2) is 11.4. The van der Waals surface area contributed by atoms with Crippen molar-refractivity contribution >= 4 is 39.2 Å². The van der Waals surface area contributed by atoms with E-state index in [-0.39, 0.29) is 5.41 Å². The van der Waals surface area contributed by atoms with E-state index >= 15 is 0 Å². The van der Waals surface area contributed by atoms with E-state index in [4.69, 9.17) is 4.98 Å². The molecule has 0 amide bonds. The fourth-order valence-corrected chi connectivity index (χ4v) is 7.09. The van der Waals surface area contributed by atoms with Crippen molar-refractivity contribution in [2.24, 2.45) is 11.3 Å². The molecule has 0 fully saturated rings. The van der Waals surface area contributed by atoms with Gasteiger partial charge in [0.2, 0.25) is 0 Å². The van der Waals surface area contributed by atoms with Gasteiger partial charge in [0.15, 0.2) is 0 Å². The maximum Gasteiger partial charge on any atom is 0.149 e. The van der Waals surface area contributed by atoms with Gasteiger partial charge in [-0.1, -0.05) is 85.7 Å². The Kier molecular flexibility index (Phi) is 7.26. The molecule has 0 saturated carbocycles. The summed E-state index contributed by atoms with van der Waals surface area (Å²) in [6, 6.07) is 36.9. The highest BCUT2D eigenvalue weighted by atomic mass is 15.1. The number of imidazole rings is 1. The molecule has 0 radical (unpaired) electrons. The first-order valence-electron chi connectivity index (χ1n) is 15.8. The third-order valence-electron chi connectivity index (χ3n) is 9.52. The van der Waals surface area contributed by atoms with Gasteiger partial charge in [0.1, 0.15) is 11.9 Å². The molecule has 0 aliphatic heterocycles. The Morgan fingerprint density at radius 3 is 2.02 bits per heavy atom. The molecule has 4 heteroatoms. The van der Waals surface area contributed by atoms with Crippen LogP contribution in [0.4, 0.5) is 17.1 Å².